The van der Waals surface area contributed by atoms with Crippen LogP contribution in [0.2, 0.25) is 0 Å². The highest BCUT2D eigenvalue weighted by molar-refractivity contribution is 14.1. The predicted molar refractivity (Wildman–Crippen MR) is 63.2 cm³/mol. The molecule has 4 nitrogen and oxygen atoms in total. The zero-order valence-electron chi connectivity index (χ0n) is 7.49. The Morgan fingerprint density at radius 2 is 2.14 bits per heavy atom. The molecule has 0 spiro atoms. The minimum absolute atomic E-state index is 0.560. The molecule has 0 unspecified atom stereocenters. The van der Waals surface area contributed by atoms with E-state index in [0.29, 0.717) is 11.4 Å². The van der Waals surface area contributed by atoms with Gasteiger partial charge in [-0.25, -0.2) is 9.97 Å². The Morgan fingerprint density at radius 3 is 2.86 bits per heavy atom. The fraction of sp³-hybridized carbons (Fsp3) is 0.111. The normalized spacial score (nSPS) is 10.4. The molecule has 2 N–H and O–H groups in total. The van der Waals surface area contributed by atoms with Crippen molar-refractivity contribution in [3.8, 4) is 5.75 Å². The summed E-state index contributed by atoms with van der Waals surface area (Å²) in [5.74, 6) is 0.645. The number of anilines is 1. The van der Waals surface area contributed by atoms with E-state index in [-0.39, 0.29) is 0 Å². The second kappa shape index (κ2) is 3.56. The molecule has 2 rings (SSSR count). The molecule has 0 radical (unpaired) electrons. The Bertz CT molecular complexity index is 487. The second-order valence-electron chi connectivity index (χ2n) is 2.74. The number of benzene rings is 1. The third kappa shape index (κ3) is 1.37. The molecule has 5 heteroatoms. The third-order valence-corrected chi connectivity index (χ3v) is 2.84. The molecule has 0 saturated carbocycles. The number of halogens is 1. The summed E-state index contributed by atoms with van der Waals surface area (Å²) < 4.78 is 6.00. The Hall–Kier alpha value is -1.11. The molecule has 14 heavy (non-hydrogen) atoms. The largest absolute Gasteiger partial charge is 0.495 e. The number of hydrogen-bond acceptors (Lipinski definition) is 4. The van der Waals surface area contributed by atoms with Crippen LogP contribution in [0.4, 0.5) is 5.69 Å². The average molecular weight is 301 g/mol. The zero-order valence-corrected chi connectivity index (χ0v) is 9.65. The maximum Gasteiger partial charge on any atom is 0.144 e. The summed E-state index contributed by atoms with van der Waals surface area (Å²) in [6, 6.07) is 3.73. The molecule has 1 aromatic carbocycles. The van der Waals surface area contributed by atoms with Crippen molar-refractivity contribution in [2.24, 2.45) is 0 Å². The van der Waals surface area contributed by atoms with Gasteiger partial charge in [0.2, 0.25) is 0 Å². The molecular formula is C9H8IN3O. The highest BCUT2D eigenvalue weighted by Gasteiger charge is 2.07. The van der Waals surface area contributed by atoms with Crippen LogP contribution in [0.5, 0.6) is 5.75 Å². The Labute approximate surface area is 94.6 Å². The zero-order chi connectivity index (χ0) is 10.1. The molecule has 0 aliphatic heterocycles. The summed E-state index contributed by atoms with van der Waals surface area (Å²) >= 11 is 2.15. The van der Waals surface area contributed by atoms with E-state index in [4.69, 9.17) is 10.5 Å². The Morgan fingerprint density at radius 1 is 1.36 bits per heavy atom. The van der Waals surface area contributed by atoms with Crippen molar-refractivity contribution in [3.05, 3.63) is 22.2 Å². The van der Waals surface area contributed by atoms with Crippen LogP contribution in [0.25, 0.3) is 10.9 Å². The molecule has 0 atom stereocenters. The lowest BCUT2D eigenvalue weighted by molar-refractivity contribution is 0.417. The number of aromatic nitrogens is 2. The first-order valence-electron chi connectivity index (χ1n) is 3.96. The minimum atomic E-state index is 0.560. The smallest absolute Gasteiger partial charge is 0.144 e. The van der Waals surface area contributed by atoms with E-state index in [1.807, 2.05) is 12.1 Å². The molecule has 0 fully saturated rings. The average Bonchev–Trinajstić information content (AvgIpc) is 2.20. The summed E-state index contributed by atoms with van der Waals surface area (Å²) in [5, 5.41) is 0.950. The number of rotatable bonds is 1. The van der Waals surface area contributed by atoms with Crippen LogP contribution in [-0.2, 0) is 0 Å². The van der Waals surface area contributed by atoms with Crippen molar-refractivity contribution in [1.29, 1.82) is 0 Å². The van der Waals surface area contributed by atoms with Gasteiger partial charge in [0.15, 0.2) is 0 Å². The number of fused-ring (bicyclic) bond motifs is 1. The van der Waals surface area contributed by atoms with Gasteiger partial charge in [0.25, 0.3) is 0 Å². The highest BCUT2D eigenvalue weighted by atomic mass is 127. The van der Waals surface area contributed by atoms with Crippen LogP contribution in [-0.4, -0.2) is 17.1 Å². The molecule has 0 bridgehead atoms. The van der Waals surface area contributed by atoms with Gasteiger partial charge in [0.1, 0.15) is 27.0 Å². The van der Waals surface area contributed by atoms with Crippen LogP contribution < -0.4 is 10.5 Å². The monoisotopic (exact) mass is 301 g/mol. The van der Waals surface area contributed by atoms with Crippen LogP contribution in [0.15, 0.2) is 18.5 Å². The number of ether oxygens (including phenoxy) is 1. The van der Waals surface area contributed by atoms with Gasteiger partial charge in [-0.1, -0.05) is 0 Å². The standard InChI is InChI=1S/C9H8IN3O/c1-14-6-3-2-5-8(7(6)11)12-4-13-9(5)10/h2-4H,11H2,1H3. The molecule has 2 aromatic rings. The SMILES string of the molecule is COc1ccc2c(I)ncnc2c1N. The van der Waals surface area contributed by atoms with Gasteiger partial charge < -0.3 is 10.5 Å². The first-order valence-corrected chi connectivity index (χ1v) is 5.04. The number of methoxy groups -OCH3 is 1. The van der Waals surface area contributed by atoms with Crippen molar-refractivity contribution in [1.82, 2.24) is 9.97 Å². The van der Waals surface area contributed by atoms with Crippen molar-refractivity contribution in [2.75, 3.05) is 12.8 Å². The number of nitrogens with two attached hydrogens (primary N) is 1. The molecular weight excluding hydrogens is 293 g/mol. The van der Waals surface area contributed by atoms with Crippen molar-refractivity contribution < 1.29 is 4.74 Å². The van der Waals surface area contributed by atoms with Crippen LogP contribution in [0.1, 0.15) is 0 Å². The maximum atomic E-state index is 5.88. The number of nitrogens with zero attached hydrogens (tertiary/aromatic N) is 2. The second-order valence-corrected chi connectivity index (χ2v) is 3.76. The van der Waals surface area contributed by atoms with Crippen LogP contribution >= 0.6 is 22.6 Å². The van der Waals surface area contributed by atoms with E-state index in [1.165, 1.54) is 6.33 Å². The molecule has 72 valence electrons. The summed E-state index contributed by atoms with van der Waals surface area (Å²) in [4.78, 5) is 8.21. The topological polar surface area (TPSA) is 61.0 Å². The summed E-state index contributed by atoms with van der Waals surface area (Å²) in [6.45, 7) is 0. The fourth-order valence-corrected chi connectivity index (χ4v) is 1.84. The van der Waals surface area contributed by atoms with Crippen molar-refractivity contribution in [3.63, 3.8) is 0 Å². The van der Waals surface area contributed by atoms with Crippen LogP contribution in [0, 0.1) is 3.70 Å². The number of nitrogen functional groups attached to an aromatic ring is 1. The first kappa shape index (κ1) is 9.45. The fourth-order valence-electron chi connectivity index (χ4n) is 1.28. The molecule has 1 heterocycles. The van der Waals surface area contributed by atoms with E-state index in [0.717, 1.165) is 14.6 Å². The van der Waals surface area contributed by atoms with E-state index in [9.17, 15) is 0 Å². The number of hydrogen-bond donors (Lipinski definition) is 1. The van der Waals surface area contributed by atoms with Gasteiger partial charge in [0, 0.05) is 5.39 Å². The Balaban J connectivity index is 2.84. The lowest BCUT2D eigenvalue weighted by atomic mass is 10.2. The van der Waals surface area contributed by atoms with Gasteiger partial charge in [-0.3, -0.25) is 0 Å². The minimum Gasteiger partial charge on any atom is -0.495 e. The molecule has 1 aromatic heterocycles. The van der Waals surface area contributed by atoms with Crippen molar-refractivity contribution in [2.45, 2.75) is 0 Å². The predicted octanol–water partition coefficient (Wildman–Crippen LogP) is 1.83. The highest BCUT2D eigenvalue weighted by Crippen LogP contribution is 2.29. The van der Waals surface area contributed by atoms with E-state index in [1.54, 1.807) is 7.11 Å². The van der Waals surface area contributed by atoms with Crippen molar-refractivity contribution >= 4 is 39.2 Å². The first-order chi connectivity index (χ1) is 6.74. The van der Waals surface area contributed by atoms with Gasteiger partial charge in [0.05, 0.1) is 7.11 Å². The molecule has 0 aliphatic carbocycles. The summed E-state index contributed by atoms with van der Waals surface area (Å²) in [5.41, 5.74) is 7.18. The Kier molecular flexibility index (Phi) is 2.40. The quantitative estimate of drug-likeness (QED) is 0.496. The summed E-state index contributed by atoms with van der Waals surface area (Å²) in [7, 11) is 1.59. The van der Waals surface area contributed by atoms with Gasteiger partial charge in [-0.2, -0.15) is 0 Å². The van der Waals surface area contributed by atoms with Gasteiger partial charge >= 0.3 is 0 Å². The maximum absolute atomic E-state index is 5.88. The molecule has 0 saturated heterocycles. The molecule has 0 amide bonds. The van der Waals surface area contributed by atoms with E-state index in [2.05, 4.69) is 32.6 Å². The van der Waals surface area contributed by atoms with E-state index < -0.39 is 0 Å². The third-order valence-electron chi connectivity index (χ3n) is 1.98. The van der Waals surface area contributed by atoms with Gasteiger partial charge in [-0.05, 0) is 34.7 Å². The lowest BCUT2D eigenvalue weighted by Crippen LogP contribution is -1.96. The van der Waals surface area contributed by atoms with E-state index >= 15 is 0 Å². The lowest BCUT2D eigenvalue weighted by Gasteiger charge is -2.06. The molecule has 0 aliphatic rings. The summed E-state index contributed by atoms with van der Waals surface area (Å²) in [6.07, 6.45) is 1.50. The van der Waals surface area contributed by atoms with Crippen LogP contribution in [0.3, 0.4) is 0 Å². The van der Waals surface area contributed by atoms with Gasteiger partial charge in [-0.15, -0.1) is 0 Å².